The number of unbranched alkanes of at least 4 members (excludes halogenated alkanes) is 2. The van der Waals surface area contributed by atoms with Crippen molar-refractivity contribution >= 4 is 11.0 Å². The summed E-state index contributed by atoms with van der Waals surface area (Å²) in [6, 6.07) is 7.78. The zero-order valence-electron chi connectivity index (χ0n) is 13.3. The van der Waals surface area contributed by atoms with E-state index in [9.17, 15) is 0 Å². The molecule has 1 aliphatic rings. The number of rotatable bonds is 4. The fraction of sp³-hybridized carbons (Fsp3) is 0.529. The lowest BCUT2D eigenvalue weighted by atomic mass is 10.2. The predicted octanol–water partition coefficient (Wildman–Crippen LogP) is 2.28. The van der Waals surface area contributed by atoms with Gasteiger partial charge in [-0.25, -0.2) is 9.55 Å². The number of aryl methyl sites for hydroxylation is 1. The van der Waals surface area contributed by atoms with Gasteiger partial charge in [0.25, 0.3) is 0 Å². The summed E-state index contributed by atoms with van der Waals surface area (Å²) in [5.74, 6) is 0.886. The van der Waals surface area contributed by atoms with E-state index in [0.717, 1.165) is 55.9 Å². The summed E-state index contributed by atoms with van der Waals surface area (Å²) in [7, 11) is 0. The summed E-state index contributed by atoms with van der Waals surface area (Å²) >= 11 is 0. The van der Waals surface area contributed by atoms with Gasteiger partial charge in [-0.05, 0) is 18.6 Å². The van der Waals surface area contributed by atoms with Gasteiger partial charge in [0.05, 0.1) is 11.0 Å². The molecule has 1 saturated heterocycles. The van der Waals surface area contributed by atoms with Crippen LogP contribution in [0, 0.1) is 11.5 Å². The third kappa shape index (κ3) is 4.55. The van der Waals surface area contributed by atoms with Crippen LogP contribution in [0.2, 0.25) is 0 Å². The van der Waals surface area contributed by atoms with Crippen LogP contribution in [0.15, 0.2) is 24.3 Å². The van der Waals surface area contributed by atoms with Crippen molar-refractivity contribution in [2.24, 2.45) is 0 Å². The highest BCUT2D eigenvalue weighted by Gasteiger charge is 2.08. The van der Waals surface area contributed by atoms with Crippen molar-refractivity contribution in [3.05, 3.63) is 30.1 Å². The minimum atomic E-state index is 0.885. The maximum Gasteiger partial charge on any atom is 0.190 e. The van der Waals surface area contributed by atoms with Crippen LogP contribution in [0.4, 0.5) is 0 Å². The van der Waals surface area contributed by atoms with E-state index in [4.69, 9.17) is 5.26 Å². The quantitative estimate of drug-likeness (QED) is 0.850. The molecule has 3 rings (SSSR count). The van der Waals surface area contributed by atoms with Crippen LogP contribution in [-0.4, -0.2) is 35.7 Å². The van der Waals surface area contributed by atoms with E-state index in [-0.39, 0.29) is 0 Å². The molecule has 5 nitrogen and oxygen atoms in total. The molecule has 0 unspecified atom stereocenters. The molecule has 0 radical (unpaired) electrons. The molecule has 0 saturated carbocycles. The Morgan fingerprint density at radius 1 is 1.14 bits per heavy atom. The molecule has 2 aromatic rings. The largest absolute Gasteiger partial charge is 0.314 e. The van der Waals surface area contributed by atoms with E-state index in [1.807, 2.05) is 24.3 Å². The second-order valence-corrected chi connectivity index (χ2v) is 5.41. The van der Waals surface area contributed by atoms with Gasteiger partial charge in [0.1, 0.15) is 5.82 Å². The number of nitrogens with zero attached hydrogens (tertiary/aromatic N) is 3. The summed E-state index contributed by atoms with van der Waals surface area (Å²) in [4.78, 5) is 4.50. The molecule has 2 N–H and O–H groups in total. The highest BCUT2D eigenvalue weighted by atomic mass is 15.1. The van der Waals surface area contributed by atoms with E-state index in [2.05, 4.69) is 28.7 Å². The van der Waals surface area contributed by atoms with Crippen LogP contribution in [0.25, 0.3) is 11.0 Å². The van der Waals surface area contributed by atoms with Gasteiger partial charge in [0.2, 0.25) is 0 Å². The number of nitrogens with one attached hydrogen (secondary N) is 2. The maximum absolute atomic E-state index is 9.13. The van der Waals surface area contributed by atoms with Crippen LogP contribution in [-0.2, 0) is 6.42 Å². The van der Waals surface area contributed by atoms with E-state index in [0.29, 0.717) is 0 Å². The van der Waals surface area contributed by atoms with Gasteiger partial charge in [-0.15, -0.1) is 0 Å². The number of aromatic nitrogens is 2. The van der Waals surface area contributed by atoms with Crippen molar-refractivity contribution in [2.45, 2.75) is 32.6 Å². The summed E-state index contributed by atoms with van der Waals surface area (Å²) < 4.78 is 1.64. The number of para-hydroxylation sites is 2. The summed E-state index contributed by atoms with van der Waals surface area (Å²) in [6.07, 6.45) is 6.56. The second kappa shape index (κ2) is 9.19. The third-order valence-corrected chi connectivity index (χ3v) is 3.69. The van der Waals surface area contributed by atoms with E-state index < -0.39 is 0 Å². The minimum absolute atomic E-state index is 0.885. The topological polar surface area (TPSA) is 65.7 Å². The van der Waals surface area contributed by atoms with Crippen molar-refractivity contribution in [1.29, 1.82) is 5.26 Å². The van der Waals surface area contributed by atoms with Gasteiger partial charge in [0, 0.05) is 32.6 Å². The molecule has 0 aliphatic carbocycles. The molecule has 0 amide bonds. The van der Waals surface area contributed by atoms with E-state index in [1.54, 1.807) is 4.57 Å². The molecular weight excluding hydrogens is 274 g/mol. The normalized spacial score (nSPS) is 14.2. The number of nitriles is 1. The minimum Gasteiger partial charge on any atom is -0.314 e. The van der Waals surface area contributed by atoms with Crippen LogP contribution in [0.3, 0.4) is 0 Å². The lowest BCUT2D eigenvalue weighted by Crippen LogP contribution is -2.39. The fourth-order valence-corrected chi connectivity index (χ4v) is 2.49. The van der Waals surface area contributed by atoms with E-state index in [1.165, 1.54) is 12.8 Å². The molecule has 1 aliphatic heterocycles. The van der Waals surface area contributed by atoms with Gasteiger partial charge in [0.15, 0.2) is 6.19 Å². The average molecular weight is 299 g/mol. The predicted molar refractivity (Wildman–Crippen MR) is 89.7 cm³/mol. The van der Waals surface area contributed by atoms with Crippen molar-refractivity contribution in [2.75, 3.05) is 26.2 Å². The highest BCUT2D eigenvalue weighted by molar-refractivity contribution is 5.76. The molecule has 118 valence electrons. The maximum atomic E-state index is 9.13. The Morgan fingerprint density at radius 3 is 2.41 bits per heavy atom. The molecule has 5 heteroatoms. The Kier molecular flexibility index (Phi) is 6.88. The highest BCUT2D eigenvalue weighted by Crippen LogP contribution is 2.16. The van der Waals surface area contributed by atoms with Crippen molar-refractivity contribution < 1.29 is 0 Å². The van der Waals surface area contributed by atoms with Crippen molar-refractivity contribution in [3.63, 3.8) is 0 Å². The molecule has 22 heavy (non-hydrogen) atoms. The lowest BCUT2D eigenvalue weighted by Gasteiger charge is -2.11. The number of fused-ring (bicyclic) bond motifs is 1. The Hall–Kier alpha value is -1.90. The molecule has 0 spiro atoms. The molecule has 0 bridgehead atoms. The molecular formula is C17H25N5. The number of benzene rings is 1. The zero-order valence-corrected chi connectivity index (χ0v) is 13.3. The van der Waals surface area contributed by atoms with Crippen LogP contribution in [0.1, 0.15) is 32.0 Å². The standard InChI is InChI=1S/C13H15N3.C4H10N2/c1-2-3-4-9-13-15-11-7-5-6-8-12(11)16(13)10-14;1-2-6-4-3-5-1/h5-8H,2-4,9H2,1H3;5-6H,1-4H2. The first kappa shape index (κ1) is 16.5. The average Bonchev–Trinajstić information content (AvgIpc) is 2.94. The summed E-state index contributed by atoms with van der Waals surface area (Å²) in [5, 5.41) is 15.6. The SMILES string of the molecule is C1CNCCN1.CCCCCc1nc2ccccc2n1C#N. The van der Waals surface area contributed by atoms with Gasteiger partial charge < -0.3 is 10.6 Å². The van der Waals surface area contributed by atoms with Crippen LogP contribution in [0.5, 0.6) is 0 Å². The van der Waals surface area contributed by atoms with Gasteiger partial charge >= 0.3 is 0 Å². The molecule has 1 aromatic heterocycles. The van der Waals surface area contributed by atoms with Crippen molar-refractivity contribution in [3.8, 4) is 6.19 Å². The molecule has 2 heterocycles. The first-order valence-corrected chi connectivity index (χ1v) is 8.14. The number of hydrogen-bond acceptors (Lipinski definition) is 4. The Morgan fingerprint density at radius 2 is 1.82 bits per heavy atom. The van der Waals surface area contributed by atoms with Gasteiger partial charge in [-0.3, -0.25) is 0 Å². The molecule has 1 aromatic carbocycles. The summed E-state index contributed by atoms with van der Waals surface area (Å²) in [5.41, 5.74) is 1.83. The Balaban J connectivity index is 0.000000246. The number of imidazole rings is 1. The number of piperazine rings is 1. The Labute approximate surface area is 132 Å². The fourth-order valence-electron chi connectivity index (χ4n) is 2.49. The number of hydrogen-bond donors (Lipinski definition) is 2. The molecule has 0 atom stereocenters. The zero-order chi connectivity index (χ0) is 15.6. The lowest BCUT2D eigenvalue weighted by molar-refractivity contribution is 0.534. The Bertz CT molecular complexity index is 596. The van der Waals surface area contributed by atoms with Crippen LogP contribution >= 0.6 is 0 Å². The summed E-state index contributed by atoms with van der Waals surface area (Å²) in [6.45, 7) is 6.73. The van der Waals surface area contributed by atoms with Crippen LogP contribution < -0.4 is 10.6 Å². The first-order valence-electron chi connectivity index (χ1n) is 8.14. The van der Waals surface area contributed by atoms with Crippen molar-refractivity contribution in [1.82, 2.24) is 20.2 Å². The van der Waals surface area contributed by atoms with Gasteiger partial charge in [-0.2, -0.15) is 5.26 Å². The monoisotopic (exact) mass is 299 g/mol. The first-order chi connectivity index (χ1) is 10.9. The second-order valence-electron chi connectivity index (χ2n) is 5.41. The van der Waals surface area contributed by atoms with Gasteiger partial charge in [-0.1, -0.05) is 31.9 Å². The smallest absolute Gasteiger partial charge is 0.190 e. The third-order valence-electron chi connectivity index (χ3n) is 3.69. The van der Waals surface area contributed by atoms with E-state index >= 15 is 0 Å². The molecule has 1 fully saturated rings.